The molecule has 2 aromatic rings. The number of amides is 2. The number of rotatable bonds is 5. The second kappa shape index (κ2) is 7.71. The Morgan fingerprint density at radius 2 is 1.30 bits per heavy atom. The maximum atomic E-state index is 12.7. The van der Waals surface area contributed by atoms with E-state index in [4.69, 9.17) is 5.26 Å². The van der Waals surface area contributed by atoms with Crippen molar-refractivity contribution in [3.63, 3.8) is 0 Å². The maximum Gasteiger partial charge on any atom is 0.224 e. The minimum absolute atomic E-state index is 0.0134. The Bertz CT molecular complexity index is 734. The highest BCUT2D eigenvalue weighted by molar-refractivity contribution is 5.96. The molecule has 5 nitrogen and oxygen atoms in total. The van der Waals surface area contributed by atoms with E-state index in [-0.39, 0.29) is 30.5 Å². The van der Waals surface area contributed by atoms with E-state index >= 15 is 0 Å². The van der Waals surface area contributed by atoms with Crippen LogP contribution in [0.4, 0.5) is 15.8 Å². The van der Waals surface area contributed by atoms with E-state index in [1.54, 1.807) is 24.3 Å². The van der Waals surface area contributed by atoms with Gasteiger partial charge in [-0.1, -0.05) is 0 Å². The molecule has 0 aliphatic heterocycles. The lowest BCUT2D eigenvalue weighted by Crippen LogP contribution is -2.17. The zero-order valence-electron chi connectivity index (χ0n) is 12.2. The van der Waals surface area contributed by atoms with Gasteiger partial charge in [-0.15, -0.1) is 0 Å². The number of hydrogen-bond acceptors (Lipinski definition) is 3. The highest BCUT2D eigenvalue weighted by atomic mass is 19.1. The third-order valence-corrected chi connectivity index (χ3v) is 3.00. The number of carbonyl (C=O) groups is 2. The van der Waals surface area contributed by atoms with Crippen LogP contribution in [0, 0.1) is 17.1 Å². The Morgan fingerprint density at radius 3 is 1.74 bits per heavy atom. The molecule has 0 unspecified atom stereocenters. The van der Waals surface area contributed by atoms with Gasteiger partial charge in [-0.2, -0.15) is 5.26 Å². The second-order valence-corrected chi connectivity index (χ2v) is 4.79. The molecule has 0 aliphatic carbocycles. The summed E-state index contributed by atoms with van der Waals surface area (Å²) in [6.45, 7) is 0. The molecule has 0 spiro atoms. The molecule has 0 atom stereocenters. The van der Waals surface area contributed by atoms with Crippen LogP contribution in [0.3, 0.4) is 0 Å². The van der Waals surface area contributed by atoms with E-state index in [1.807, 2.05) is 6.07 Å². The summed E-state index contributed by atoms with van der Waals surface area (Å²) < 4.78 is 12.7. The van der Waals surface area contributed by atoms with Crippen molar-refractivity contribution >= 4 is 23.2 Å². The quantitative estimate of drug-likeness (QED) is 0.890. The fourth-order valence-corrected chi connectivity index (χ4v) is 1.84. The standard InChI is InChI=1S/C17H14FN3O2/c18-13-3-7-15(8-4-13)21-17(23)10-9-16(22)20-14-5-1-12(11-19)2-6-14/h1-8H,9-10H2,(H,20,22)(H,21,23). The molecular weight excluding hydrogens is 297 g/mol. The predicted octanol–water partition coefficient (Wildman–Crippen LogP) is 3.05. The molecule has 0 saturated carbocycles. The Hall–Kier alpha value is -3.20. The predicted molar refractivity (Wildman–Crippen MR) is 84.1 cm³/mol. The number of nitrogens with zero attached hydrogens (tertiary/aromatic N) is 1. The van der Waals surface area contributed by atoms with Crippen LogP contribution < -0.4 is 10.6 Å². The number of hydrogen-bond donors (Lipinski definition) is 2. The number of nitrogens with one attached hydrogen (secondary N) is 2. The highest BCUT2D eigenvalue weighted by Gasteiger charge is 2.08. The zero-order chi connectivity index (χ0) is 16.7. The molecule has 0 radical (unpaired) electrons. The molecule has 0 aliphatic rings. The molecule has 2 rings (SSSR count). The van der Waals surface area contributed by atoms with Crippen molar-refractivity contribution in [2.45, 2.75) is 12.8 Å². The van der Waals surface area contributed by atoms with Gasteiger partial charge < -0.3 is 10.6 Å². The number of benzene rings is 2. The minimum Gasteiger partial charge on any atom is -0.326 e. The first kappa shape index (κ1) is 16.2. The van der Waals surface area contributed by atoms with E-state index in [9.17, 15) is 14.0 Å². The van der Waals surface area contributed by atoms with Gasteiger partial charge in [0.25, 0.3) is 0 Å². The third kappa shape index (κ3) is 5.25. The lowest BCUT2D eigenvalue weighted by Gasteiger charge is -2.06. The van der Waals surface area contributed by atoms with Crippen molar-refractivity contribution in [1.82, 2.24) is 0 Å². The Kier molecular flexibility index (Phi) is 5.42. The van der Waals surface area contributed by atoms with Crippen molar-refractivity contribution in [2.24, 2.45) is 0 Å². The van der Waals surface area contributed by atoms with Crippen LogP contribution in [-0.2, 0) is 9.59 Å². The molecular formula is C17H14FN3O2. The Labute approximate surface area is 132 Å². The van der Waals surface area contributed by atoms with Crippen molar-refractivity contribution in [3.05, 3.63) is 59.9 Å². The van der Waals surface area contributed by atoms with E-state index in [2.05, 4.69) is 10.6 Å². The smallest absolute Gasteiger partial charge is 0.224 e. The summed E-state index contributed by atoms with van der Waals surface area (Å²) in [6.07, 6.45) is 0.0342. The molecule has 23 heavy (non-hydrogen) atoms. The summed E-state index contributed by atoms with van der Waals surface area (Å²) in [7, 11) is 0. The van der Waals surface area contributed by atoms with Crippen LogP contribution >= 0.6 is 0 Å². The maximum absolute atomic E-state index is 12.7. The SMILES string of the molecule is N#Cc1ccc(NC(=O)CCC(=O)Nc2ccc(F)cc2)cc1. The number of anilines is 2. The fourth-order valence-electron chi connectivity index (χ4n) is 1.84. The minimum atomic E-state index is -0.384. The van der Waals surface area contributed by atoms with Gasteiger partial charge >= 0.3 is 0 Å². The van der Waals surface area contributed by atoms with Gasteiger partial charge in [-0.05, 0) is 48.5 Å². The van der Waals surface area contributed by atoms with Gasteiger partial charge in [-0.25, -0.2) is 4.39 Å². The molecule has 2 N–H and O–H groups in total. The normalized spacial score (nSPS) is 9.74. The van der Waals surface area contributed by atoms with Crippen LogP contribution in [0.1, 0.15) is 18.4 Å². The molecule has 2 amide bonds. The van der Waals surface area contributed by atoms with Crippen LogP contribution in [0.15, 0.2) is 48.5 Å². The van der Waals surface area contributed by atoms with Gasteiger partial charge in [0.2, 0.25) is 11.8 Å². The molecule has 0 fully saturated rings. The van der Waals surface area contributed by atoms with Crippen LogP contribution in [0.25, 0.3) is 0 Å². The number of nitriles is 1. The van der Waals surface area contributed by atoms with Gasteiger partial charge in [0.15, 0.2) is 0 Å². The summed E-state index contributed by atoms with van der Waals surface area (Å²) >= 11 is 0. The summed E-state index contributed by atoms with van der Waals surface area (Å²) in [5, 5.41) is 13.9. The third-order valence-electron chi connectivity index (χ3n) is 3.00. The van der Waals surface area contributed by atoms with Crippen LogP contribution in [0.5, 0.6) is 0 Å². The lowest BCUT2D eigenvalue weighted by molar-refractivity contribution is -0.121. The summed E-state index contributed by atoms with van der Waals surface area (Å²) in [5.74, 6) is -1.01. The topological polar surface area (TPSA) is 82.0 Å². The summed E-state index contributed by atoms with van der Waals surface area (Å²) in [5.41, 5.74) is 1.54. The summed E-state index contributed by atoms with van der Waals surface area (Å²) in [6, 6.07) is 13.8. The Morgan fingerprint density at radius 1 is 0.870 bits per heavy atom. The van der Waals surface area contributed by atoms with E-state index in [0.717, 1.165) is 0 Å². The van der Waals surface area contributed by atoms with Gasteiger partial charge in [-0.3, -0.25) is 9.59 Å². The summed E-state index contributed by atoms with van der Waals surface area (Å²) in [4.78, 5) is 23.5. The van der Waals surface area contributed by atoms with Crippen molar-refractivity contribution < 1.29 is 14.0 Å². The molecule has 6 heteroatoms. The molecule has 0 bridgehead atoms. The molecule has 2 aromatic carbocycles. The van der Waals surface area contributed by atoms with Gasteiger partial charge in [0.05, 0.1) is 11.6 Å². The van der Waals surface area contributed by atoms with Crippen LogP contribution in [0.2, 0.25) is 0 Å². The van der Waals surface area contributed by atoms with Crippen LogP contribution in [-0.4, -0.2) is 11.8 Å². The van der Waals surface area contributed by atoms with E-state index < -0.39 is 0 Å². The molecule has 116 valence electrons. The van der Waals surface area contributed by atoms with E-state index in [0.29, 0.717) is 16.9 Å². The lowest BCUT2D eigenvalue weighted by atomic mass is 10.2. The second-order valence-electron chi connectivity index (χ2n) is 4.79. The van der Waals surface area contributed by atoms with Gasteiger partial charge in [0, 0.05) is 24.2 Å². The van der Waals surface area contributed by atoms with Crippen molar-refractivity contribution in [1.29, 1.82) is 5.26 Å². The monoisotopic (exact) mass is 311 g/mol. The molecule has 0 aromatic heterocycles. The fraction of sp³-hybridized carbons (Fsp3) is 0.118. The average molecular weight is 311 g/mol. The Balaban J connectivity index is 1.78. The van der Waals surface area contributed by atoms with E-state index in [1.165, 1.54) is 24.3 Å². The number of halogens is 1. The molecule has 0 saturated heterocycles. The first-order chi connectivity index (χ1) is 11.1. The first-order valence-corrected chi connectivity index (χ1v) is 6.92. The highest BCUT2D eigenvalue weighted by Crippen LogP contribution is 2.11. The average Bonchev–Trinajstić information content (AvgIpc) is 2.56. The van der Waals surface area contributed by atoms with Crippen molar-refractivity contribution in [3.8, 4) is 6.07 Å². The molecule has 0 heterocycles. The largest absolute Gasteiger partial charge is 0.326 e. The zero-order valence-corrected chi connectivity index (χ0v) is 12.2. The van der Waals surface area contributed by atoms with Gasteiger partial charge in [0.1, 0.15) is 5.82 Å². The number of carbonyl (C=O) groups excluding carboxylic acids is 2. The first-order valence-electron chi connectivity index (χ1n) is 6.92. The van der Waals surface area contributed by atoms with Crippen molar-refractivity contribution in [2.75, 3.05) is 10.6 Å².